The van der Waals surface area contributed by atoms with Crippen LogP contribution < -0.4 is 9.47 Å². The van der Waals surface area contributed by atoms with Gasteiger partial charge in [-0.3, -0.25) is 4.79 Å². The molecule has 0 spiro atoms. The molecule has 6 nitrogen and oxygen atoms in total. The second kappa shape index (κ2) is 6.32. The van der Waals surface area contributed by atoms with Gasteiger partial charge in [-0.2, -0.15) is 0 Å². The second-order valence-electron chi connectivity index (χ2n) is 5.66. The number of amides is 2. The third-order valence-electron chi connectivity index (χ3n) is 4.11. The fourth-order valence-electron chi connectivity index (χ4n) is 2.85. The lowest BCUT2D eigenvalue weighted by atomic mass is 10.1. The first-order valence-corrected chi connectivity index (χ1v) is 7.85. The summed E-state index contributed by atoms with van der Waals surface area (Å²) >= 11 is 0. The van der Waals surface area contributed by atoms with Gasteiger partial charge in [0.2, 0.25) is 6.79 Å². The van der Waals surface area contributed by atoms with Crippen molar-refractivity contribution < 1.29 is 23.8 Å². The Labute approximate surface area is 144 Å². The maximum Gasteiger partial charge on any atom is 0.417 e. The zero-order valence-electron chi connectivity index (χ0n) is 13.3. The van der Waals surface area contributed by atoms with Gasteiger partial charge in [-0.15, -0.1) is 0 Å². The van der Waals surface area contributed by atoms with Crippen LogP contribution in [0, 0.1) is 0 Å². The molecular weight excluding hydrogens is 322 g/mol. The van der Waals surface area contributed by atoms with Crippen molar-refractivity contribution in [3.63, 3.8) is 0 Å². The number of nitrogens with zero attached hydrogens (tertiary/aromatic N) is 1. The van der Waals surface area contributed by atoms with E-state index in [1.54, 1.807) is 18.2 Å². The second-order valence-corrected chi connectivity index (χ2v) is 5.66. The highest BCUT2D eigenvalue weighted by molar-refractivity contribution is 6.02. The molecular formula is C19H15NO5. The average molecular weight is 337 g/mol. The van der Waals surface area contributed by atoms with Gasteiger partial charge in [0.1, 0.15) is 12.6 Å². The average Bonchev–Trinajstić information content (AvgIpc) is 3.26. The molecule has 2 aromatic rings. The Kier molecular flexibility index (Phi) is 3.85. The molecule has 1 fully saturated rings. The normalized spacial score (nSPS) is 18.6. The molecule has 126 valence electrons. The lowest BCUT2D eigenvalue weighted by molar-refractivity contribution is -0.124. The molecule has 0 N–H and O–H groups in total. The van der Waals surface area contributed by atoms with Crippen LogP contribution in [-0.4, -0.2) is 30.3 Å². The van der Waals surface area contributed by atoms with Crippen molar-refractivity contribution in [1.82, 2.24) is 4.90 Å². The highest BCUT2D eigenvalue weighted by Crippen LogP contribution is 2.33. The largest absolute Gasteiger partial charge is 0.454 e. The minimum Gasteiger partial charge on any atom is -0.454 e. The third-order valence-corrected chi connectivity index (χ3v) is 4.11. The summed E-state index contributed by atoms with van der Waals surface area (Å²) in [6.45, 7) is 0.353. The van der Waals surface area contributed by atoms with Crippen LogP contribution in [0.15, 0.2) is 54.6 Å². The highest BCUT2D eigenvalue weighted by Gasteiger charge is 2.37. The molecule has 2 amide bonds. The molecule has 2 heterocycles. The number of carbonyl (C=O) groups is 2. The predicted octanol–water partition coefficient (Wildman–Crippen LogP) is 3.15. The van der Waals surface area contributed by atoms with E-state index in [0.29, 0.717) is 11.5 Å². The van der Waals surface area contributed by atoms with E-state index in [1.807, 2.05) is 36.4 Å². The van der Waals surface area contributed by atoms with Gasteiger partial charge in [0.25, 0.3) is 5.91 Å². The highest BCUT2D eigenvalue weighted by atomic mass is 16.7. The monoisotopic (exact) mass is 337 g/mol. The number of ether oxygens (including phenoxy) is 3. The van der Waals surface area contributed by atoms with Gasteiger partial charge in [-0.05, 0) is 29.3 Å². The summed E-state index contributed by atoms with van der Waals surface area (Å²) in [5.41, 5.74) is 1.64. The number of hydrogen-bond donors (Lipinski definition) is 0. The topological polar surface area (TPSA) is 65.1 Å². The van der Waals surface area contributed by atoms with Gasteiger partial charge >= 0.3 is 6.09 Å². The zero-order chi connectivity index (χ0) is 17.2. The van der Waals surface area contributed by atoms with Gasteiger partial charge in [0.15, 0.2) is 11.5 Å². The van der Waals surface area contributed by atoms with Crippen molar-refractivity contribution in [1.29, 1.82) is 0 Å². The Morgan fingerprint density at radius 3 is 2.68 bits per heavy atom. The van der Waals surface area contributed by atoms with Crippen molar-refractivity contribution in [3.05, 3.63) is 65.7 Å². The van der Waals surface area contributed by atoms with Crippen LogP contribution in [0.3, 0.4) is 0 Å². The van der Waals surface area contributed by atoms with E-state index in [1.165, 1.54) is 6.08 Å². The smallest absolute Gasteiger partial charge is 0.417 e. The fraction of sp³-hybridized carbons (Fsp3) is 0.158. The Morgan fingerprint density at radius 1 is 1.04 bits per heavy atom. The molecule has 2 aliphatic heterocycles. The van der Waals surface area contributed by atoms with Crippen LogP contribution in [0.25, 0.3) is 6.08 Å². The first kappa shape index (κ1) is 15.3. The fourth-order valence-corrected chi connectivity index (χ4v) is 2.85. The van der Waals surface area contributed by atoms with E-state index in [0.717, 1.165) is 16.0 Å². The van der Waals surface area contributed by atoms with Crippen LogP contribution in [0.2, 0.25) is 0 Å². The number of benzene rings is 2. The third kappa shape index (κ3) is 2.94. The lowest BCUT2D eigenvalue weighted by Gasteiger charge is -2.18. The molecule has 4 rings (SSSR count). The Morgan fingerprint density at radius 2 is 1.84 bits per heavy atom. The van der Waals surface area contributed by atoms with Crippen molar-refractivity contribution in [2.75, 3.05) is 13.4 Å². The van der Waals surface area contributed by atoms with E-state index >= 15 is 0 Å². The lowest BCUT2D eigenvalue weighted by Crippen LogP contribution is -2.32. The number of cyclic esters (lactones) is 1. The van der Waals surface area contributed by atoms with E-state index in [9.17, 15) is 9.59 Å². The minimum atomic E-state index is -0.630. The Balaban J connectivity index is 1.54. The summed E-state index contributed by atoms with van der Waals surface area (Å²) < 4.78 is 15.6. The Hall–Kier alpha value is -3.28. The zero-order valence-corrected chi connectivity index (χ0v) is 13.3. The predicted molar refractivity (Wildman–Crippen MR) is 89.0 cm³/mol. The maximum atomic E-state index is 12.5. The van der Waals surface area contributed by atoms with Crippen molar-refractivity contribution in [2.45, 2.75) is 6.04 Å². The minimum absolute atomic E-state index is 0.159. The van der Waals surface area contributed by atoms with Gasteiger partial charge < -0.3 is 14.2 Å². The van der Waals surface area contributed by atoms with Crippen LogP contribution in [0.4, 0.5) is 4.79 Å². The molecule has 0 bridgehead atoms. The van der Waals surface area contributed by atoms with Gasteiger partial charge in [-0.1, -0.05) is 36.4 Å². The maximum absolute atomic E-state index is 12.5. The van der Waals surface area contributed by atoms with Gasteiger partial charge in [0.05, 0.1) is 0 Å². The molecule has 0 aromatic heterocycles. The Bertz CT molecular complexity index is 846. The molecule has 1 unspecified atom stereocenters. The summed E-state index contributed by atoms with van der Waals surface area (Å²) in [6.07, 6.45) is 2.37. The van der Waals surface area contributed by atoms with E-state index in [-0.39, 0.29) is 13.4 Å². The van der Waals surface area contributed by atoms with Crippen LogP contribution >= 0.6 is 0 Å². The summed E-state index contributed by atoms with van der Waals surface area (Å²) in [6, 6.07) is 14.3. The number of fused-ring (bicyclic) bond motifs is 1. The van der Waals surface area contributed by atoms with Crippen molar-refractivity contribution >= 4 is 18.1 Å². The summed E-state index contributed by atoms with van der Waals surface area (Å²) in [5.74, 6) is 0.891. The molecule has 1 saturated heterocycles. The summed E-state index contributed by atoms with van der Waals surface area (Å²) in [7, 11) is 0. The molecule has 1 atom stereocenters. The molecule has 0 saturated carbocycles. The van der Waals surface area contributed by atoms with E-state index in [4.69, 9.17) is 14.2 Å². The van der Waals surface area contributed by atoms with Crippen LogP contribution in [-0.2, 0) is 9.53 Å². The summed E-state index contributed by atoms with van der Waals surface area (Å²) in [5, 5.41) is 0. The number of rotatable bonds is 3. The molecule has 0 aliphatic carbocycles. The SMILES string of the molecule is O=C(/C=C/c1ccc2c(c1)OCO2)N1C(=O)OCC1c1ccccc1. The van der Waals surface area contributed by atoms with Crippen LogP contribution in [0.1, 0.15) is 17.2 Å². The molecule has 0 radical (unpaired) electrons. The van der Waals surface area contributed by atoms with Gasteiger partial charge in [0, 0.05) is 6.08 Å². The number of imide groups is 1. The van der Waals surface area contributed by atoms with Crippen molar-refractivity contribution in [2.24, 2.45) is 0 Å². The number of hydrogen-bond acceptors (Lipinski definition) is 5. The first-order chi connectivity index (χ1) is 12.2. The number of carbonyl (C=O) groups excluding carboxylic acids is 2. The molecule has 2 aliphatic rings. The van der Waals surface area contributed by atoms with Gasteiger partial charge in [-0.25, -0.2) is 9.69 Å². The first-order valence-electron chi connectivity index (χ1n) is 7.85. The van der Waals surface area contributed by atoms with Crippen molar-refractivity contribution in [3.8, 4) is 11.5 Å². The standard InChI is InChI=1S/C19H15NO5/c21-18(9-7-13-6-8-16-17(10-13)25-12-24-16)20-15(11-23-19(20)22)14-4-2-1-3-5-14/h1-10,15H,11-12H2/b9-7+. The molecule has 6 heteroatoms. The van der Waals surface area contributed by atoms with E-state index < -0.39 is 18.0 Å². The summed E-state index contributed by atoms with van der Waals surface area (Å²) in [4.78, 5) is 25.6. The van der Waals surface area contributed by atoms with Crippen LogP contribution in [0.5, 0.6) is 11.5 Å². The molecule has 2 aromatic carbocycles. The quantitative estimate of drug-likeness (QED) is 0.805. The van der Waals surface area contributed by atoms with E-state index in [2.05, 4.69) is 0 Å². The molecule has 25 heavy (non-hydrogen) atoms.